The Morgan fingerprint density at radius 1 is 1.32 bits per heavy atom. The van der Waals surface area contributed by atoms with Crippen molar-refractivity contribution < 1.29 is 9.53 Å². The zero-order valence-corrected chi connectivity index (χ0v) is 19.5. The number of hydrogen-bond donors (Lipinski definition) is 0. The van der Waals surface area contributed by atoms with Crippen LogP contribution in [0.25, 0.3) is 6.08 Å². The van der Waals surface area contributed by atoms with Crippen LogP contribution in [0, 0.1) is 0 Å². The fraction of sp³-hybridized carbons (Fsp3) is 0.174. The van der Waals surface area contributed by atoms with Gasteiger partial charge in [-0.15, -0.1) is 23.1 Å². The Labute approximate surface area is 191 Å². The van der Waals surface area contributed by atoms with E-state index in [0.29, 0.717) is 20.6 Å². The third kappa shape index (κ3) is 4.23. The molecule has 1 aliphatic rings. The molecule has 5 nitrogen and oxygen atoms in total. The largest absolute Gasteiger partial charge is 0.458 e. The Bertz CT molecular complexity index is 1330. The van der Waals surface area contributed by atoms with E-state index in [1.54, 1.807) is 34.6 Å². The summed E-state index contributed by atoms with van der Waals surface area (Å²) in [5.41, 5.74) is 1.59. The number of hydrogen-bond acceptors (Lipinski definition) is 7. The van der Waals surface area contributed by atoms with Gasteiger partial charge in [-0.05, 0) is 48.4 Å². The van der Waals surface area contributed by atoms with E-state index in [2.05, 4.69) is 11.6 Å². The summed E-state index contributed by atoms with van der Waals surface area (Å²) in [6, 6.07) is 11.2. The fourth-order valence-electron chi connectivity index (χ4n) is 3.40. The summed E-state index contributed by atoms with van der Waals surface area (Å²) in [7, 11) is 0. The van der Waals surface area contributed by atoms with Crippen molar-refractivity contribution in [2.45, 2.75) is 17.9 Å². The summed E-state index contributed by atoms with van der Waals surface area (Å²) in [5, 5.41) is 1.97. The molecule has 8 heteroatoms. The Balaban J connectivity index is 1.93. The lowest BCUT2D eigenvalue weighted by Crippen LogP contribution is -2.39. The van der Waals surface area contributed by atoms with Crippen LogP contribution in [0.1, 0.15) is 23.4 Å². The number of aromatic nitrogens is 1. The maximum atomic E-state index is 13.4. The second-order valence-electron chi connectivity index (χ2n) is 6.76. The van der Waals surface area contributed by atoms with Gasteiger partial charge in [0.25, 0.3) is 5.56 Å². The van der Waals surface area contributed by atoms with Crippen LogP contribution in [-0.2, 0) is 9.53 Å². The lowest BCUT2D eigenvalue weighted by molar-refractivity contribution is -0.138. The van der Waals surface area contributed by atoms with Gasteiger partial charge in [0.05, 0.1) is 21.8 Å². The van der Waals surface area contributed by atoms with E-state index >= 15 is 0 Å². The third-order valence-corrected chi connectivity index (χ3v) is 7.37. The fourth-order valence-corrected chi connectivity index (χ4v) is 5.58. The third-order valence-electron chi connectivity index (χ3n) is 4.82. The number of esters is 1. The molecule has 4 rings (SSSR count). The molecular weight excluding hydrogens is 448 g/mol. The first-order chi connectivity index (χ1) is 15.0. The van der Waals surface area contributed by atoms with Gasteiger partial charge in [-0.1, -0.05) is 42.2 Å². The number of thioether (sulfide) groups is 1. The highest BCUT2D eigenvalue weighted by Crippen LogP contribution is 2.31. The molecule has 1 unspecified atom stereocenters. The molecule has 0 bridgehead atoms. The Morgan fingerprint density at radius 2 is 2.10 bits per heavy atom. The molecule has 0 spiro atoms. The average molecular weight is 469 g/mol. The molecule has 3 aromatic rings. The molecule has 1 atom stereocenters. The lowest BCUT2D eigenvalue weighted by atomic mass is 9.96. The number of ether oxygens (including phenoxy) is 1. The number of benzene rings is 1. The van der Waals surface area contributed by atoms with Crippen LogP contribution in [0.15, 0.2) is 80.4 Å². The molecular formula is C23H20N2O3S3. The van der Waals surface area contributed by atoms with Crippen molar-refractivity contribution in [3.8, 4) is 0 Å². The van der Waals surface area contributed by atoms with Gasteiger partial charge in [-0.3, -0.25) is 9.36 Å². The van der Waals surface area contributed by atoms with Crippen LogP contribution in [-0.4, -0.2) is 23.4 Å². The second kappa shape index (κ2) is 9.21. The van der Waals surface area contributed by atoms with E-state index in [9.17, 15) is 9.59 Å². The standard InChI is InChI=1S/C23H20N2O3S3/c1-4-11-28-22(27)19-14(2)24-23-25(20(19)15-7-9-16(29-3)10-8-15)21(26)18(31-23)13-17-6-5-12-30-17/h4-10,12-13,20H,1,11H2,2-3H3. The summed E-state index contributed by atoms with van der Waals surface area (Å²) in [6.45, 7) is 5.48. The SMILES string of the molecule is C=CCOC(=O)C1=C(C)N=c2sc(=Cc3cccs3)c(=O)n2C1c1ccc(SC)cc1. The average Bonchev–Trinajstić information content (AvgIpc) is 3.39. The molecule has 0 aliphatic carbocycles. The number of allylic oxidation sites excluding steroid dienone is 1. The highest BCUT2D eigenvalue weighted by Gasteiger charge is 2.33. The van der Waals surface area contributed by atoms with Gasteiger partial charge in [0.2, 0.25) is 0 Å². The molecule has 0 saturated heterocycles. The number of carbonyl (C=O) groups excluding carboxylic acids is 1. The summed E-state index contributed by atoms with van der Waals surface area (Å²) >= 11 is 4.53. The van der Waals surface area contributed by atoms with Crippen LogP contribution in [0.2, 0.25) is 0 Å². The monoisotopic (exact) mass is 468 g/mol. The first-order valence-electron chi connectivity index (χ1n) is 9.51. The van der Waals surface area contributed by atoms with Crippen LogP contribution in [0.4, 0.5) is 0 Å². The minimum atomic E-state index is -0.602. The predicted molar refractivity (Wildman–Crippen MR) is 127 cm³/mol. The van der Waals surface area contributed by atoms with Gasteiger partial charge in [-0.2, -0.15) is 0 Å². The van der Waals surface area contributed by atoms with E-state index in [1.165, 1.54) is 17.4 Å². The molecule has 2 aromatic heterocycles. The Morgan fingerprint density at radius 3 is 2.74 bits per heavy atom. The molecule has 1 aliphatic heterocycles. The van der Waals surface area contributed by atoms with Gasteiger partial charge in [0.15, 0.2) is 4.80 Å². The zero-order valence-electron chi connectivity index (χ0n) is 17.0. The van der Waals surface area contributed by atoms with E-state index in [0.717, 1.165) is 15.3 Å². The highest BCUT2D eigenvalue weighted by atomic mass is 32.2. The van der Waals surface area contributed by atoms with Gasteiger partial charge in [0, 0.05) is 9.77 Å². The quantitative estimate of drug-likeness (QED) is 0.314. The zero-order chi connectivity index (χ0) is 22.0. The Kier molecular flexibility index (Phi) is 6.41. The lowest BCUT2D eigenvalue weighted by Gasteiger charge is -2.24. The molecule has 31 heavy (non-hydrogen) atoms. The van der Waals surface area contributed by atoms with Crippen molar-refractivity contribution in [1.82, 2.24) is 4.57 Å². The number of nitrogens with zero attached hydrogens (tertiary/aromatic N) is 2. The van der Waals surface area contributed by atoms with Crippen molar-refractivity contribution in [2.24, 2.45) is 4.99 Å². The van der Waals surface area contributed by atoms with Crippen molar-refractivity contribution in [2.75, 3.05) is 12.9 Å². The first-order valence-corrected chi connectivity index (χ1v) is 12.4. The molecule has 0 radical (unpaired) electrons. The van der Waals surface area contributed by atoms with Crippen molar-refractivity contribution in [3.63, 3.8) is 0 Å². The van der Waals surface area contributed by atoms with Crippen LogP contribution < -0.4 is 14.9 Å². The van der Waals surface area contributed by atoms with E-state index < -0.39 is 12.0 Å². The summed E-state index contributed by atoms with van der Waals surface area (Å²) in [4.78, 5) is 33.6. The topological polar surface area (TPSA) is 60.7 Å². The smallest absolute Gasteiger partial charge is 0.338 e. The van der Waals surface area contributed by atoms with Crippen LogP contribution in [0.5, 0.6) is 0 Å². The van der Waals surface area contributed by atoms with Crippen molar-refractivity contribution in [1.29, 1.82) is 0 Å². The maximum absolute atomic E-state index is 13.4. The van der Waals surface area contributed by atoms with Gasteiger partial charge in [0.1, 0.15) is 6.61 Å². The van der Waals surface area contributed by atoms with Crippen molar-refractivity contribution >= 4 is 46.5 Å². The number of thiazole rings is 1. The minimum Gasteiger partial charge on any atom is -0.458 e. The van der Waals surface area contributed by atoms with Crippen LogP contribution >= 0.6 is 34.4 Å². The molecule has 0 saturated carbocycles. The number of thiophene rings is 1. The summed E-state index contributed by atoms with van der Waals surface area (Å²) < 4.78 is 7.54. The van der Waals surface area contributed by atoms with Crippen LogP contribution in [0.3, 0.4) is 0 Å². The summed E-state index contributed by atoms with van der Waals surface area (Å²) in [6.07, 6.45) is 5.40. The van der Waals surface area contributed by atoms with E-state index in [4.69, 9.17) is 4.74 Å². The highest BCUT2D eigenvalue weighted by molar-refractivity contribution is 7.98. The molecule has 0 N–H and O–H groups in total. The Hall–Kier alpha value is -2.68. The number of rotatable bonds is 6. The molecule has 1 aromatic carbocycles. The maximum Gasteiger partial charge on any atom is 0.338 e. The van der Waals surface area contributed by atoms with E-state index in [-0.39, 0.29) is 12.2 Å². The number of fused-ring (bicyclic) bond motifs is 1. The first kappa shape index (κ1) is 21.5. The predicted octanol–water partition coefficient (Wildman–Crippen LogP) is 3.75. The second-order valence-corrected chi connectivity index (χ2v) is 9.63. The normalized spacial score (nSPS) is 16.1. The number of carbonyl (C=O) groups is 1. The van der Waals surface area contributed by atoms with Gasteiger partial charge < -0.3 is 4.74 Å². The van der Waals surface area contributed by atoms with Crippen molar-refractivity contribution in [3.05, 3.63) is 95.8 Å². The summed E-state index contributed by atoms with van der Waals surface area (Å²) in [5.74, 6) is -0.493. The minimum absolute atomic E-state index is 0.0938. The van der Waals surface area contributed by atoms with Gasteiger partial charge >= 0.3 is 5.97 Å². The van der Waals surface area contributed by atoms with E-state index in [1.807, 2.05) is 54.1 Å². The molecule has 0 amide bonds. The molecule has 158 valence electrons. The van der Waals surface area contributed by atoms with Gasteiger partial charge in [-0.25, -0.2) is 9.79 Å². The molecule has 0 fully saturated rings. The molecule has 3 heterocycles.